The van der Waals surface area contributed by atoms with Gasteiger partial charge in [0.15, 0.2) is 0 Å². The number of amides is 1. The molecule has 1 aromatic rings. The SMILES string of the molecule is CC(C)(C)OC(=O)N1Cc2ccccc2C1CO. The number of rotatable bonds is 1. The van der Waals surface area contributed by atoms with Gasteiger partial charge < -0.3 is 9.84 Å². The van der Waals surface area contributed by atoms with E-state index in [1.54, 1.807) is 4.90 Å². The van der Waals surface area contributed by atoms with E-state index >= 15 is 0 Å². The molecule has 0 spiro atoms. The largest absolute Gasteiger partial charge is 0.444 e. The summed E-state index contributed by atoms with van der Waals surface area (Å²) in [4.78, 5) is 13.7. The van der Waals surface area contributed by atoms with E-state index in [-0.39, 0.29) is 18.7 Å². The highest BCUT2D eigenvalue weighted by atomic mass is 16.6. The molecule has 1 amide bonds. The monoisotopic (exact) mass is 249 g/mol. The Morgan fingerprint density at radius 3 is 2.72 bits per heavy atom. The van der Waals surface area contributed by atoms with Crippen LogP contribution in [0.1, 0.15) is 37.9 Å². The molecule has 0 bridgehead atoms. The molecule has 4 heteroatoms. The summed E-state index contributed by atoms with van der Waals surface area (Å²) in [5, 5.41) is 9.48. The number of hydrogen-bond acceptors (Lipinski definition) is 3. The minimum absolute atomic E-state index is 0.0870. The first-order valence-corrected chi connectivity index (χ1v) is 6.10. The summed E-state index contributed by atoms with van der Waals surface area (Å²) < 4.78 is 5.36. The minimum Gasteiger partial charge on any atom is -0.444 e. The molecule has 0 saturated heterocycles. The van der Waals surface area contributed by atoms with Crippen molar-refractivity contribution < 1.29 is 14.6 Å². The predicted molar refractivity (Wildman–Crippen MR) is 68.0 cm³/mol. The number of ether oxygens (including phenoxy) is 1. The van der Waals surface area contributed by atoms with Gasteiger partial charge in [0.2, 0.25) is 0 Å². The average Bonchev–Trinajstić information content (AvgIpc) is 2.65. The number of hydrogen-bond donors (Lipinski definition) is 1. The number of aliphatic hydroxyl groups is 1. The topological polar surface area (TPSA) is 49.8 Å². The molecule has 0 aromatic heterocycles. The smallest absolute Gasteiger partial charge is 0.411 e. The standard InChI is InChI=1S/C14H19NO3/c1-14(2,3)18-13(17)15-8-10-6-4-5-7-11(10)12(15)9-16/h4-7,12,16H,8-9H2,1-3H3. The Balaban J connectivity index is 2.20. The number of fused-ring (bicyclic) bond motifs is 1. The lowest BCUT2D eigenvalue weighted by Crippen LogP contribution is -2.36. The van der Waals surface area contributed by atoms with E-state index in [1.165, 1.54) is 0 Å². The molecule has 1 N–H and O–H groups in total. The van der Waals surface area contributed by atoms with Crippen molar-refractivity contribution in [2.45, 2.75) is 39.0 Å². The van der Waals surface area contributed by atoms with Crippen molar-refractivity contribution in [2.24, 2.45) is 0 Å². The van der Waals surface area contributed by atoms with Crippen LogP contribution < -0.4 is 0 Å². The van der Waals surface area contributed by atoms with Gasteiger partial charge in [-0.05, 0) is 31.9 Å². The summed E-state index contributed by atoms with van der Waals surface area (Å²) >= 11 is 0. The lowest BCUT2D eigenvalue weighted by atomic mass is 10.1. The molecule has 2 rings (SSSR count). The Morgan fingerprint density at radius 1 is 1.44 bits per heavy atom. The lowest BCUT2D eigenvalue weighted by molar-refractivity contribution is 0.0111. The van der Waals surface area contributed by atoms with E-state index in [2.05, 4.69) is 0 Å². The van der Waals surface area contributed by atoms with E-state index in [1.807, 2.05) is 45.0 Å². The second kappa shape index (κ2) is 4.61. The van der Waals surface area contributed by atoms with Crippen LogP contribution in [0.3, 0.4) is 0 Å². The highest BCUT2D eigenvalue weighted by Crippen LogP contribution is 2.34. The zero-order chi connectivity index (χ0) is 13.3. The molecule has 1 atom stereocenters. The van der Waals surface area contributed by atoms with Crippen molar-refractivity contribution in [1.29, 1.82) is 0 Å². The van der Waals surface area contributed by atoms with Crippen LogP contribution in [-0.2, 0) is 11.3 Å². The minimum atomic E-state index is -0.522. The van der Waals surface area contributed by atoms with Crippen molar-refractivity contribution in [2.75, 3.05) is 6.61 Å². The molecule has 0 radical (unpaired) electrons. The van der Waals surface area contributed by atoms with Gasteiger partial charge in [0.05, 0.1) is 19.2 Å². The molecule has 0 aliphatic carbocycles. The van der Waals surface area contributed by atoms with Crippen molar-refractivity contribution in [3.63, 3.8) is 0 Å². The number of carbonyl (C=O) groups is 1. The van der Waals surface area contributed by atoms with E-state index < -0.39 is 5.60 Å². The predicted octanol–water partition coefficient (Wildman–Crippen LogP) is 2.47. The second-order valence-corrected chi connectivity index (χ2v) is 5.51. The molecule has 4 nitrogen and oxygen atoms in total. The highest BCUT2D eigenvalue weighted by Gasteiger charge is 2.35. The fourth-order valence-electron chi connectivity index (χ4n) is 2.17. The molecule has 1 unspecified atom stereocenters. The van der Waals surface area contributed by atoms with Gasteiger partial charge in [0.1, 0.15) is 5.60 Å². The third-order valence-electron chi connectivity index (χ3n) is 2.93. The molecule has 1 aliphatic rings. The Bertz CT molecular complexity index is 451. The van der Waals surface area contributed by atoms with Crippen LogP contribution in [-0.4, -0.2) is 28.3 Å². The Hall–Kier alpha value is -1.55. The summed E-state index contributed by atoms with van der Waals surface area (Å²) in [5.41, 5.74) is 1.56. The maximum Gasteiger partial charge on any atom is 0.411 e. The Labute approximate surface area is 107 Å². The van der Waals surface area contributed by atoms with Gasteiger partial charge in [-0.1, -0.05) is 24.3 Å². The third-order valence-corrected chi connectivity index (χ3v) is 2.93. The van der Waals surface area contributed by atoms with Crippen LogP contribution in [0.2, 0.25) is 0 Å². The summed E-state index contributed by atoms with van der Waals surface area (Å²) in [6.07, 6.45) is -0.377. The summed E-state index contributed by atoms with van der Waals surface area (Å²) in [6, 6.07) is 7.48. The summed E-state index contributed by atoms with van der Waals surface area (Å²) in [6.45, 7) is 5.92. The van der Waals surface area contributed by atoms with Crippen LogP contribution in [0, 0.1) is 0 Å². The molecule has 0 saturated carbocycles. The van der Waals surface area contributed by atoms with Crippen molar-refractivity contribution in [3.05, 3.63) is 35.4 Å². The van der Waals surface area contributed by atoms with Gasteiger partial charge in [-0.25, -0.2) is 4.79 Å². The quantitative estimate of drug-likeness (QED) is 0.831. The van der Waals surface area contributed by atoms with Crippen molar-refractivity contribution in [1.82, 2.24) is 4.90 Å². The first kappa shape index (κ1) is 12.9. The van der Waals surface area contributed by atoms with Gasteiger partial charge in [-0.15, -0.1) is 0 Å². The maximum absolute atomic E-state index is 12.1. The number of nitrogens with zero attached hydrogens (tertiary/aromatic N) is 1. The molecular formula is C14H19NO3. The van der Waals surface area contributed by atoms with Crippen LogP contribution >= 0.6 is 0 Å². The van der Waals surface area contributed by atoms with Gasteiger partial charge in [-0.3, -0.25) is 4.90 Å². The first-order valence-electron chi connectivity index (χ1n) is 6.10. The lowest BCUT2D eigenvalue weighted by Gasteiger charge is -2.28. The first-order chi connectivity index (χ1) is 8.42. The third kappa shape index (κ3) is 2.48. The molecule has 1 aliphatic heterocycles. The maximum atomic E-state index is 12.1. The fraction of sp³-hybridized carbons (Fsp3) is 0.500. The number of aliphatic hydroxyl groups excluding tert-OH is 1. The molecular weight excluding hydrogens is 230 g/mol. The van der Waals surface area contributed by atoms with E-state index in [4.69, 9.17) is 4.74 Å². The van der Waals surface area contributed by atoms with E-state index in [0.717, 1.165) is 11.1 Å². The number of benzene rings is 1. The molecule has 98 valence electrons. The molecule has 18 heavy (non-hydrogen) atoms. The average molecular weight is 249 g/mol. The van der Waals surface area contributed by atoms with Crippen molar-refractivity contribution >= 4 is 6.09 Å². The van der Waals surface area contributed by atoms with Crippen LogP contribution in [0.15, 0.2) is 24.3 Å². The van der Waals surface area contributed by atoms with E-state index in [0.29, 0.717) is 6.54 Å². The Morgan fingerprint density at radius 2 is 2.11 bits per heavy atom. The van der Waals surface area contributed by atoms with Gasteiger partial charge in [0, 0.05) is 0 Å². The van der Waals surface area contributed by atoms with Crippen LogP contribution in [0.25, 0.3) is 0 Å². The molecule has 1 heterocycles. The van der Waals surface area contributed by atoms with Gasteiger partial charge in [0.25, 0.3) is 0 Å². The fourth-order valence-corrected chi connectivity index (χ4v) is 2.17. The number of carbonyl (C=O) groups excluding carboxylic acids is 1. The molecule has 0 fully saturated rings. The Kier molecular flexibility index (Phi) is 3.30. The zero-order valence-corrected chi connectivity index (χ0v) is 11.0. The zero-order valence-electron chi connectivity index (χ0n) is 11.0. The highest BCUT2D eigenvalue weighted by molar-refractivity contribution is 5.70. The van der Waals surface area contributed by atoms with Crippen LogP contribution in [0.4, 0.5) is 4.79 Å². The normalized spacial score (nSPS) is 18.7. The molecule has 1 aromatic carbocycles. The second-order valence-electron chi connectivity index (χ2n) is 5.51. The van der Waals surface area contributed by atoms with Crippen molar-refractivity contribution in [3.8, 4) is 0 Å². The summed E-state index contributed by atoms with van der Waals surface area (Å²) in [7, 11) is 0. The van der Waals surface area contributed by atoms with Gasteiger partial charge >= 0.3 is 6.09 Å². The van der Waals surface area contributed by atoms with Gasteiger partial charge in [-0.2, -0.15) is 0 Å². The summed E-state index contributed by atoms with van der Waals surface area (Å²) in [5.74, 6) is 0. The van der Waals surface area contributed by atoms with E-state index in [9.17, 15) is 9.90 Å². The van der Waals surface area contributed by atoms with Crippen LogP contribution in [0.5, 0.6) is 0 Å².